The molecule has 2 aromatic carbocycles. The average molecular weight is 522 g/mol. The van der Waals surface area contributed by atoms with Crippen LogP contribution in [0.5, 0.6) is 0 Å². The zero-order valence-corrected chi connectivity index (χ0v) is 24.0. The number of esters is 2. The Labute approximate surface area is 229 Å². The number of benzene rings is 2. The number of hydrogen-bond donors (Lipinski definition) is 0. The van der Waals surface area contributed by atoms with E-state index < -0.39 is 0 Å². The summed E-state index contributed by atoms with van der Waals surface area (Å²) < 4.78 is 11.8. The summed E-state index contributed by atoms with van der Waals surface area (Å²) in [4.78, 5) is 29.2. The summed E-state index contributed by atoms with van der Waals surface area (Å²) in [5.41, 5.74) is 2.42. The van der Waals surface area contributed by atoms with Crippen molar-refractivity contribution in [2.45, 2.75) is 110 Å². The van der Waals surface area contributed by atoms with Crippen LogP contribution in [0.1, 0.15) is 96.7 Å². The smallest absolute Gasteiger partial charge is 0.311 e. The van der Waals surface area contributed by atoms with Crippen molar-refractivity contribution >= 4 is 11.9 Å². The van der Waals surface area contributed by atoms with Crippen LogP contribution in [0.4, 0.5) is 0 Å². The van der Waals surface area contributed by atoms with Crippen molar-refractivity contribution in [1.29, 1.82) is 0 Å². The van der Waals surface area contributed by atoms with E-state index in [1.54, 1.807) is 0 Å². The second-order valence-corrected chi connectivity index (χ2v) is 10.7. The number of ether oxygens (including phenoxy) is 2. The van der Waals surface area contributed by atoms with E-state index in [9.17, 15) is 9.59 Å². The van der Waals surface area contributed by atoms with Crippen molar-refractivity contribution in [2.24, 2.45) is 11.8 Å². The van der Waals surface area contributed by atoms with Gasteiger partial charge in [0.15, 0.2) is 0 Å². The van der Waals surface area contributed by atoms with Gasteiger partial charge >= 0.3 is 11.9 Å². The summed E-state index contributed by atoms with van der Waals surface area (Å²) in [5, 5.41) is 0. The van der Waals surface area contributed by atoms with Gasteiger partial charge in [-0.3, -0.25) is 14.5 Å². The fraction of sp³-hybridized carbons (Fsp3) is 0.576. The van der Waals surface area contributed by atoms with Crippen LogP contribution in [0.3, 0.4) is 0 Å². The fourth-order valence-electron chi connectivity index (χ4n) is 5.87. The minimum atomic E-state index is -0.375. The predicted molar refractivity (Wildman–Crippen MR) is 152 cm³/mol. The van der Waals surface area contributed by atoms with Crippen molar-refractivity contribution in [1.82, 2.24) is 4.90 Å². The fourth-order valence-corrected chi connectivity index (χ4v) is 5.87. The molecule has 0 aliphatic heterocycles. The Balaban J connectivity index is 1.93. The molecule has 3 rings (SSSR count). The van der Waals surface area contributed by atoms with Gasteiger partial charge in [-0.25, -0.2) is 0 Å². The quantitative estimate of drug-likeness (QED) is 0.241. The van der Waals surface area contributed by atoms with E-state index in [-0.39, 0.29) is 54.5 Å². The first-order valence-electron chi connectivity index (χ1n) is 14.7. The lowest BCUT2D eigenvalue weighted by molar-refractivity contribution is -0.160. The molecule has 1 fully saturated rings. The molecule has 0 amide bonds. The Morgan fingerprint density at radius 3 is 1.95 bits per heavy atom. The van der Waals surface area contributed by atoms with Crippen molar-refractivity contribution in [3.8, 4) is 0 Å². The number of nitrogens with zero attached hydrogens (tertiary/aromatic N) is 1. The lowest BCUT2D eigenvalue weighted by Gasteiger charge is -2.38. The maximum Gasteiger partial charge on any atom is 0.311 e. The molecule has 38 heavy (non-hydrogen) atoms. The van der Waals surface area contributed by atoms with Gasteiger partial charge in [-0.1, -0.05) is 88.4 Å². The number of rotatable bonds is 14. The van der Waals surface area contributed by atoms with Gasteiger partial charge in [-0.05, 0) is 62.5 Å². The predicted octanol–water partition coefficient (Wildman–Crippen LogP) is 7.50. The largest absolute Gasteiger partial charge is 0.462 e. The molecule has 208 valence electrons. The van der Waals surface area contributed by atoms with Gasteiger partial charge in [-0.15, -0.1) is 0 Å². The van der Waals surface area contributed by atoms with E-state index in [4.69, 9.17) is 9.47 Å². The van der Waals surface area contributed by atoms with Gasteiger partial charge in [0.25, 0.3) is 0 Å². The first-order chi connectivity index (χ1) is 18.4. The molecule has 5 nitrogen and oxygen atoms in total. The molecule has 0 heterocycles. The van der Waals surface area contributed by atoms with Crippen molar-refractivity contribution in [3.63, 3.8) is 0 Å². The van der Waals surface area contributed by atoms with E-state index >= 15 is 0 Å². The van der Waals surface area contributed by atoms with Gasteiger partial charge in [0.05, 0.1) is 5.92 Å². The SMILES string of the molecule is CCC(CC)OC(=O)C[C@H]1CC[C@@H](N(Cc2ccccc2)[C@H](C)c2ccccc2)[C@@H]1C(=O)OC(CC)CC. The first-order valence-corrected chi connectivity index (χ1v) is 14.7. The molecule has 0 bridgehead atoms. The summed E-state index contributed by atoms with van der Waals surface area (Å²) in [6.45, 7) is 11.1. The summed E-state index contributed by atoms with van der Waals surface area (Å²) in [6, 6.07) is 21.0. The summed E-state index contributed by atoms with van der Waals surface area (Å²) in [7, 11) is 0. The minimum absolute atomic E-state index is 0.0294. The Kier molecular flexibility index (Phi) is 11.8. The molecule has 0 N–H and O–H groups in total. The summed E-state index contributed by atoms with van der Waals surface area (Å²) in [6.07, 6.45) is 4.91. The van der Waals surface area contributed by atoms with Crippen molar-refractivity contribution in [3.05, 3.63) is 71.8 Å². The third kappa shape index (κ3) is 7.92. The monoisotopic (exact) mass is 521 g/mol. The maximum atomic E-state index is 13.8. The molecule has 1 saturated carbocycles. The van der Waals surface area contributed by atoms with E-state index in [1.165, 1.54) is 11.1 Å². The summed E-state index contributed by atoms with van der Waals surface area (Å²) >= 11 is 0. The first kappa shape index (κ1) is 29.9. The van der Waals surface area contributed by atoms with Gasteiger partial charge in [0, 0.05) is 25.0 Å². The zero-order valence-electron chi connectivity index (χ0n) is 24.0. The van der Waals surface area contributed by atoms with E-state index in [0.29, 0.717) is 0 Å². The topological polar surface area (TPSA) is 55.8 Å². The van der Waals surface area contributed by atoms with Crippen LogP contribution in [0.15, 0.2) is 60.7 Å². The minimum Gasteiger partial charge on any atom is -0.462 e. The number of carbonyl (C=O) groups excluding carboxylic acids is 2. The zero-order chi connectivity index (χ0) is 27.5. The van der Waals surface area contributed by atoms with E-state index in [1.807, 2.05) is 26.0 Å². The van der Waals surface area contributed by atoms with Gasteiger partial charge < -0.3 is 9.47 Å². The highest BCUT2D eigenvalue weighted by Gasteiger charge is 2.47. The maximum absolute atomic E-state index is 13.8. The normalized spacial score (nSPS) is 20.2. The van der Waals surface area contributed by atoms with Crippen molar-refractivity contribution in [2.75, 3.05) is 0 Å². The Morgan fingerprint density at radius 2 is 1.37 bits per heavy atom. The lowest BCUT2D eigenvalue weighted by atomic mass is 9.88. The third-order valence-electron chi connectivity index (χ3n) is 8.27. The van der Waals surface area contributed by atoms with Crippen LogP contribution in [0, 0.1) is 11.8 Å². The lowest BCUT2D eigenvalue weighted by Crippen LogP contribution is -2.44. The molecule has 2 aromatic rings. The highest BCUT2D eigenvalue weighted by Crippen LogP contribution is 2.42. The van der Waals surface area contributed by atoms with Crippen LogP contribution in [-0.4, -0.2) is 35.1 Å². The van der Waals surface area contributed by atoms with Gasteiger partial charge in [-0.2, -0.15) is 0 Å². The van der Waals surface area contributed by atoms with Crippen LogP contribution in [-0.2, 0) is 25.6 Å². The second-order valence-electron chi connectivity index (χ2n) is 10.7. The molecule has 4 atom stereocenters. The third-order valence-corrected chi connectivity index (χ3v) is 8.27. The molecular formula is C33H47NO4. The molecule has 0 aromatic heterocycles. The Morgan fingerprint density at radius 1 is 0.816 bits per heavy atom. The molecule has 0 saturated heterocycles. The van der Waals surface area contributed by atoms with Crippen LogP contribution >= 0.6 is 0 Å². The Hall–Kier alpha value is -2.66. The molecular weight excluding hydrogens is 474 g/mol. The van der Waals surface area contributed by atoms with Crippen LogP contribution in [0.2, 0.25) is 0 Å². The molecule has 0 radical (unpaired) electrons. The summed E-state index contributed by atoms with van der Waals surface area (Å²) in [5.74, 6) is -0.833. The van der Waals surface area contributed by atoms with Gasteiger partial charge in [0.1, 0.15) is 12.2 Å². The number of hydrogen-bond acceptors (Lipinski definition) is 5. The molecule has 0 unspecified atom stereocenters. The molecule has 1 aliphatic carbocycles. The highest BCUT2D eigenvalue weighted by molar-refractivity contribution is 5.76. The van der Waals surface area contributed by atoms with Gasteiger partial charge in [0.2, 0.25) is 0 Å². The highest BCUT2D eigenvalue weighted by atomic mass is 16.5. The van der Waals surface area contributed by atoms with E-state index in [0.717, 1.165) is 45.1 Å². The Bertz CT molecular complexity index is 971. The molecule has 0 spiro atoms. The molecule has 5 heteroatoms. The van der Waals surface area contributed by atoms with Crippen molar-refractivity contribution < 1.29 is 19.1 Å². The van der Waals surface area contributed by atoms with Crippen LogP contribution < -0.4 is 0 Å². The standard InChI is InChI=1S/C33H47NO4/c1-6-28(7-2)37-31(35)22-27-20-21-30(32(27)33(36)38-29(8-3)9-4)34(23-25-16-12-10-13-17-25)24(5)26-18-14-11-15-19-26/h10-19,24,27-30,32H,6-9,20-23H2,1-5H3/t24-,27-,30-,32-/m1/s1. The average Bonchev–Trinajstić information content (AvgIpc) is 3.36. The molecule has 1 aliphatic rings. The van der Waals surface area contributed by atoms with E-state index in [2.05, 4.69) is 74.2 Å². The van der Waals surface area contributed by atoms with Crippen LogP contribution in [0.25, 0.3) is 0 Å². The second kappa shape index (κ2) is 15.1. The number of carbonyl (C=O) groups is 2.